The molecule has 0 bridgehead atoms. The van der Waals surface area contributed by atoms with E-state index in [0.29, 0.717) is 0 Å². The summed E-state index contributed by atoms with van der Waals surface area (Å²) in [5.74, 6) is -0.147. The second-order valence-corrected chi connectivity index (χ2v) is 7.39. The molecule has 8 heteroatoms. The summed E-state index contributed by atoms with van der Waals surface area (Å²) in [6.45, 7) is 1.44. The Bertz CT molecular complexity index is 564. The number of hydrogen-bond donors (Lipinski definition) is 0. The van der Waals surface area contributed by atoms with Crippen LogP contribution in [0.1, 0.15) is 6.92 Å². The molecule has 84 valence electrons. The van der Waals surface area contributed by atoms with Gasteiger partial charge in [-0.15, -0.1) is 0 Å². The molecule has 1 aromatic heterocycles. The summed E-state index contributed by atoms with van der Waals surface area (Å²) in [6.07, 6.45) is 0. The zero-order valence-electron chi connectivity index (χ0n) is 7.71. The average molecular weight is 270 g/mol. The van der Waals surface area contributed by atoms with Gasteiger partial charge in [-0.05, 0) is 12.1 Å². The maximum absolute atomic E-state index is 11.4. The fourth-order valence-corrected chi connectivity index (χ4v) is 2.44. The summed E-state index contributed by atoms with van der Waals surface area (Å²) in [4.78, 5) is 3.48. The summed E-state index contributed by atoms with van der Waals surface area (Å²) in [6, 6.07) is 3.65. The molecule has 0 aliphatic rings. The minimum atomic E-state index is -4.00. The summed E-state index contributed by atoms with van der Waals surface area (Å²) in [5, 5.41) is -0.745. The molecule has 0 N–H and O–H groups in total. The third-order valence-electron chi connectivity index (χ3n) is 1.65. The van der Waals surface area contributed by atoms with E-state index in [2.05, 4.69) is 4.98 Å². The number of pyridine rings is 1. The van der Waals surface area contributed by atoms with Crippen LogP contribution in [0.2, 0.25) is 0 Å². The number of aromatic nitrogens is 1. The minimum absolute atomic E-state index is 0.147. The van der Waals surface area contributed by atoms with Gasteiger partial charge in [0.05, 0.1) is 5.75 Å². The molecular weight excluding hydrogens is 262 g/mol. The molecule has 0 atom stereocenters. The standard InChI is InChI=1S/C7H8ClNO4S2/c1-2-14(10,11)6-4-3-5-7(9-6)15(8,12)13/h3-5H,2H2,1H3. The first kappa shape index (κ1) is 12.4. The largest absolute Gasteiger partial charge is 0.278 e. The molecule has 0 aromatic carbocycles. The Balaban J connectivity index is 3.39. The van der Waals surface area contributed by atoms with Crippen LogP contribution in [0.3, 0.4) is 0 Å². The van der Waals surface area contributed by atoms with E-state index in [0.717, 1.165) is 6.07 Å². The van der Waals surface area contributed by atoms with Crippen LogP contribution in [0.5, 0.6) is 0 Å². The van der Waals surface area contributed by atoms with Crippen molar-refractivity contribution in [2.24, 2.45) is 0 Å². The van der Waals surface area contributed by atoms with Gasteiger partial charge in [-0.2, -0.15) is 0 Å². The lowest BCUT2D eigenvalue weighted by atomic mass is 10.5. The van der Waals surface area contributed by atoms with Crippen molar-refractivity contribution in [2.45, 2.75) is 17.0 Å². The summed E-state index contributed by atoms with van der Waals surface area (Å²) in [5.41, 5.74) is 0. The number of rotatable bonds is 3. The highest BCUT2D eigenvalue weighted by Gasteiger charge is 2.18. The highest BCUT2D eigenvalue weighted by molar-refractivity contribution is 8.13. The molecule has 1 aromatic rings. The predicted octanol–water partition coefficient (Wildman–Crippen LogP) is 0.803. The molecule has 0 unspecified atom stereocenters. The Morgan fingerprint density at radius 3 is 2.20 bits per heavy atom. The van der Waals surface area contributed by atoms with Gasteiger partial charge in [0.2, 0.25) is 0 Å². The Hall–Kier alpha value is -0.660. The van der Waals surface area contributed by atoms with Crippen LogP contribution in [0.4, 0.5) is 0 Å². The van der Waals surface area contributed by atoms with Gasteiger partial charge < -0.3 is 0 Å². The first-order valence-corrected chi connectivity index (χ1v) is 7.88. The molecule has 1 rings (SSSR count). The maximum atomic E-state index is 11.4. The Morgan fingerprint density at radius 2 is 1.73 bits per heavy atom. The smallest absolute Gasteiger partial charge is 0.223 e. The van der Waals surface area contributed by atoms with Crippen LogP contribution in [-0.4, -0.2) is 27.6 Å². The molecule has 15 heavy (non-hydrogen) atoms. The molecule has 1 heterocycles. The third kappa shape index (κ3) is 2.90. The fourth-order valence-electron chi connectivity index (χ4n) is 0.853. The van der Waals surface area contributed by atoms with Crippen molar-refractivity contribution < 1.29 is 16.8 Å². The van der Waals surface area contributed by atoms with Gasteiger partial charge in [-0.1, -0.05) is 13.0 Å². The molecule has 0 aliphatic heterocycles. The van der Waals surface area contributed by atoms with Crippen molar-refractivity contribution in [2.75, 3.05) is 5.75 Å². The van der Waals surface area contributed by atoms with Crippen LogP contribution in [0.25, 0.3) is 0 Å². The van der Waals surface area contributed by atoms with Crippen LogP contribution < -0.4 is 0 Å². The second kappa shape index (κ2) is 4.07. The van der Waals surface area contributed by atoms with Gasteiger partial charge in [0.1, 0.15) is 0 Å². The zero-order valence-corrected chi connectivity index (χ0v) is 10.1. The van der Waals surface area contributed by atoms with Crippen molar-refractivity contribution in [1.82, 2.24) is 4.98 Å². The van der Waals surface area contributed by atoms with Crippen LogP contribution in [-0.2, 0) is 18.9 Å². The highest BCUT2D eigenvalue weighted by Crippen LogP contribution is 2.15. The second-order valence-electron chi connectivity index (χ2n) is 2.66. The van der Waals surface area contributed by atoms with Gasteiger partial charge in [0, 0.05) is 10.7 Å². The van der Waals surface area contributed by atoms with Crippen molar-refractivity contribution in [1.29, 1.82) is 0 Å². The lowest BCUT2D eigenvalue weighted by molar-refractivity contribution is 0.590. The van der Waals surface area contributed by atoms with E-state index in [1.165, 1.54) is 19.1 Å². The average Bonchev–Trinajstić information content (AvgIpc) is 2.17. The van der Waals surface area contributed by atoms with E-state index in [-0.39, 0.29) is 10.8 Å². The predicted molar refractivity (Wildman–Crippen MR) is 55.0 cm³/mol. The fraction of sp³-hybridized carbons (Fsp3) is 0.286. The maximum Gasteiger partial charge on any atom is 0.278 e. The zero-order chi connectivity index (χ0) is 11.7. The van der Waals surface area contributed by atoms with Crippen molar-refractivity contribution >= 4 is 29.6 Å². The molecule has 5 nitrogen and oxygen atoms in total. The lowest BCUT2D eigenvalue weighted by Crippen LogP contribution is -2.08. The van der Waals surface area contributed by atoms with Gasteiger partial charge in [0.25, 0.3) is 9.05 Å². The molecule has 0 fully saturated rings. The van der Waals surface area contributed by atoms with Crippen molar-refractivity contribution in [3.8, 4) is 0 Å². The summed E-state index contributed by atoms with van der Waals surface area (Å²) in [7, 11) is -2.47. The van der Waals surface area contributed by atoms with Gasteiger partial charge in [0.15, 0.2) is 19.9 Å². The highest BCUT2D eigenvalue weighted by atomic mass is 35.7. The van der Waals surface area contributed by atoms with E-state index in [9.17, 15) is 16.8 Å². The molecule has 0 saturated carbocycles. The summed E-state index contributed by atoms with van der Waals surface area (Å²) >= 11 is 0. The van der Waals surface area contributed by atoms with E-state index in [1.807, 2.05) is 0 Å². The minimum Gasteiger partial charge on any atom is -0.223 e. The van der Waals surface area contributed by atoms with Crippen LogP contribution in [0.15, 0.2) is 28.3 Å². The Kier molecular flexibility index (Phi) is 3.37. The molecule has 0 aliphatic carbocycles. The molecular formula is C7H8ClNO4S2. The van der Waals surface area contributed by atoms with Gasteiger partial charge in [-0.3, -0.25) is 0 Å². The monoisotopic (exact) mass is 269 g/mol. The normalized spacial score (nSPS) is 12.7. The van der Waals surface area contributed by atoms with Crippen molar-refractivity contribution in [3.05, 3.63) is 18.2 Å². The third-order valence-corrected chi connectivity index (χ3v) is 4.47. The first-order chi connectivity index (χ1) is 6.77. The number of sulfone groups is 1. The van der Waals surface area contributed by atoms with Gasteiger partial charge in [-0.25, -0.2) is 21.8 Å². The Labute approximate surface area is 92.4 Å². The van der Waals surface area contributed by atoms with Crippen molar-refractivity contribution in [3.63, 3.8) is 0 Å². The summed E-state index contributed by atoms with van der Waals surface area (Å²) < 4.78 is 44.6. The Morgan fingerprint density at radius 1 is 1.20 bits per heavy atom. The SMILES string of the molecule is CCS(=O)(=O)c1cccc(S(=O)(=O)Cl)n1. The quantitative estimate of drug-likeness (QED) is 0.758. The topological polar surface area (TPSA) is 81.2 Å². The molecule has 0 spiro atoms. The van der Waals surface area contributed by atoms with E-state index >= 15 is 0 Å². The van der Waals surface area contributed by atoms with Gasteiger partial charge >= 0.3 is 0 Å². The molecule has 0 radical (unpaired) electrons. The molecule has 0 amide bonds. The van der Waals surface area contributed by atoms with Crippen LogP contribution in [0, 0.1) is 0 Å². The van der Waals surface area contributed by atoms with E-state index in [1.54, 1.807) is 0 Å². The first-order valence-electron chi connectivity index (χ1n) is 3.92. The van der Waals surface area contributed by atoms with Crippen LogP contribution >= 0.6 is 10.7 Å². The van der Waals surface area contributed by atoms with E-state index in [4.69, 9.17) is 10.7 Å². The lowest BCUT2D eigenvalue weighted by Gasteiger charge is -2.01. The number of hydrogen-bond acceptors (Lipinski definition) is 5. The van der Waals surface area contributed by atoms with E-state index < -0.39 is 23.9 Å². The number of halogens is 1. The number of nitrogens with zero attached hydrogens (tertiary/aromatic N) is 1. The molecule has 0 saturated heterocycles.